The van der Waals surface area contributed by atoms with Crippen LogP contribution in [0.15, 0.2) is 24.3 Å². The molecule has 0 saturated heterocycles. The second-order valence-corrected chi connectivity index (χ2v) is 5.17. The molecule has 2 rings (SSSR count). The van der Waals surface area contributed by atoms with Crippen molar-refractivity contribution in [3.8, 4) is 0 Å². The first-order valence-corrected chi connectivity index (χ1v) is 7.37. The summed E-state index contributed by atoms with van der Waals surface area (Å²) in [6.45, 7) is 5.20. The van der Waals surface area contributed by atoms with Crippen LogP contribution in [0.3, 0.4) is 0 Å². The predicted molar refractivity (Wildman–Crippen MR) is 81.3 cm³/mol. The van der Waals surface area contributed by atoms with Crippen LogP contribution >= 0.6 is 11.5 Å². The van der Waals surface area contributed by atoms with Crippen molar-refractivity contribution in [3.63, 3.8) is 0 Å². The Morgan fingerprint density at radius 2 is 2.00 bits per heavy atom. The number of hydrogen-bond acceptors (Lipinski definition) is 5. The molecular weight excluding hydrogens is 272 g/mol. The molecule has 0 atom stereocenters. The summed E-state index contributed by atoms with van der Waals surface area (Å²) in [6, 6.07) is 7.52. The number of aromatic nitrogens is 2. The van der Waals surface area contributed by atoms with Gasteiger partial charge in [0.05, 0.1) is 0 Å². The molecule has 2 aromatic rings. The summed E-state index contributed by atoms with van der Waals surface area (Å²) in [5, 5.41) is 6.81. The van der Waals surface area contributed by atoms with E-state index in [1.807, 2.05) is 38.1 Å². The molecule has 2 N–H and O–H groups in total. The Labute approximate surface area is 122 Å². The van der Waals surface area contributed by atoms with Crippen LogP contribution in [-0.2, 0) is 6.42 Å². The average Bonchev–Trinajstić information content (AvgIpc) is 2.92. The second-order valence-electron chi connectivity index (χ2n) is 4.42. The summed E-state index contributed by atoms with van der Waals surface area (Å²) in [4.78, 5) is 16.2. The summed E-state index contributed by atoms with van der Waals surface area (Å²) >= 11 is 1.35. The lowest BCUT2D eigenvalue weighted by Gasteiger charge is -2.06. The summed E-state index contributed by atoms with van der Waals surface area (Å²) < 4.78 is 4.19. The molecule has 0 aliphatic rings. The molecule has 6 heteroatoms. The Hall–Kier alpha value is -1.95. The molecule has 106 valence electrons. The van der Waals surface area contributed by atoms with Crippen molar-refractivity contribution in [3.05, 3.63) is 41.2 Å². The molecule has 1 aromatic heterocycles. The first-order valence-electron chi connectivity index (χ1n) is 6.60. The minimum Gasteiger partial charge on any atom is -0.359 e. The van der Waals surface area contributed by atoms with Gasteiger partial charge in [-0.1, -0.05) is 24.6 Å². The summed E-state index contributed by atoms with van der Waals surface area (Å²) in [5.41, 5.74) is 1.82. The molecule has 0 aliphatic heterocycles. The summed E-state index contributed by atoms with van der Waals surface area (Å²) in [6.07, 6.45) is 0.836. The second kappa shape index (κ2) is 7.00. The van der Waals surface area contributed by atoms with Crippen molar-refractivity contribution in [2.45, 2.75) is 20.3 Å². The molecule has 1 aromatic carbocycles. The topological polar surface area (TPSA) is 66.9 Å². The molecule has 0 fully saturated rings. The maximum atomic E-state index is 11.9. The average molecular weight is 290 g/mol. The Morgan fingerprint density at radius 3 is 2.65 bits per heavy atom. The van der Waals surface area contributed by atoms with E-state index in [1.165, 1.54) is 11.5 Å². The van der Waals surface area contributed by atoms with E-state index in [-0.39, 0.29) is 5.91 Å². The third-order valence-corrected chi connectivity index (χ3v) is 3.50. The molecule has 0 saturated carbocycles. The molecule has 0 unspecified atom stereocenters. The number of hydrogen-bond donors (Lipinski definition) is 2. The van der Waals surface area contributed by atoms with Crippen LogP contribution in [0.5, 0.6) is 0 Å². The fourth-order valence-electron chi connectivity index (χ4n) is 1.62. The smallest absolute Gasteiger partial charge is 0.251 e. The van der Waals surface area contributed by atoms with Gasteiger partial charge in [-0.05, 0) is 19.1 Å². The Bertz CT molecular complexity index is 565. The van der Waals surface area contributed by atoms with Crippen molar-refractivity contribution < 1.29 is 4.79 Å². The van der Waals surface area contributed by atoms with Crippen LogP contribution in [0.2, 0.25) is 0 Å². The SMILES string of the molecule is CCc1nsc(NCCNC(=O)c2ccc(C)cc2)n1. The summed E-state index contributed by atoms with van der Waals surface area (Å²) in [7, 11) is 0. The van der Waals surface area contributed by atoms with Gasteiger partial charge in [0, 0.05) is 36.6 Å². The monoisotopic (exact) mass is 290 g/mol. The molecule has 0 bridgehead atoms. The van der Waals surface area contributed by atoms with Crippen molar-refractivity contribution >= 4 is 22.6 Å². The standard InChI is InChI=1S/C14H18N4OS/c1-3-12-17-14(20-18-12)16-9-8-15-13(19)11-6-4-10(2)5-7-11/h4-7H,3,8-9H2,1-2H3,(H,15,19)(H,16,17,18). The van der Waals surface area contributed by atoms with Gasteiger partial charge in [0.25, 0.3) is 5.91 Å². The van der Waals surface area contributed by atoms with Crippen LogP contribution in [0.4, 0.5) is 5.13 Å². The Balaban J connectivity index is 1.72. The van der Waals surface area contributed by atoms with Crippen molar-refractivity contribution in [1.29, 1.82) is 0 Å². The quantitative estimate of drug-likeness (QED) is 0.801. The number of benzene rings is 1. The number of anilines is 1. The van der Waals surface area contributed by atoms with Crippen molar-refractivity contribution in [2.24, 2.45) is 0 Å². The maximum absolute atomic E-state index is 11.9. The zero-order valence-electron chi connectivity index (χ0n) is 11.6. The number of amides is 1. The van der Waals surface area contributed by atoms with Gasteiger partial charge in [-0.2, -0.15) is 4.37 Å². The zero-order valence-corrected chi connectivity index (χ0v) is 12.5. The minimum atomic E-state index is -0.0571. The largest absolute Gasteiger partial charge is 0.359 e. The van der Waals surface area contributed by atoms with E-state index in [1.54, 1.807) is 0 Å². The first kappa shape index (κ1) is 14.5. The molecule has 1 amide bonds. The number of nitrogens with one attached hydrogen (secondary N) is 2. The summed E-state index contributed by atoms with van der Waals surface area (Å²) in [5.74, 6) is 0.791. The van der Waals surface area contributed by atoms with Gasteiger partial charge < -0.3 is 10.6 Å². The highest BCUT2D eigenvalue weighted by atomic mass is 32.1. The van der Waals surface area contributed by atoms with Gasteiger partial charge in [-0.25, -0.2) is 4.98 Å². The molecule has 0 radical (unpaired) electrons. The lowest BCUT2D eigenvalue weighted by atomic mass is 10.1. The van der Waals surface area contributed by atoms with Gasteiger partial charge in [-0.3, -0.25) is 4.79 Å². The first-order chi connectivity index (χ1) is 9.69. The predicted octanol–water partition coefficient (Wildman–Crippen LogP) is 2.25. The fourth-order valence-corrected chi connectivity index (χ4v) is 2.30. The minimum absolute atomic E-state index is 0.0571. The fraction of sp³-hybridized carbons (Fsp3) is 0.357. The number of carbonyl (C=O) groups is 1. The van der Waals surface area contributed by atoms with E-state index in [0.717, 1.165) is 22.9 Å². The van der Waals surface area contributed by atoms with E-state index >= 15 is 0 Å². The highest BCUT2D eigenvalue weighted by molar-refractivity contribution is 7.09. The number of carbonyl (C=O) groups excluding carboxylic acids is 1. The molecule has 20 heavy (non-hydrogen) atoms. The molecular formula is C14H18N4OS. The van der Waals surface area contributed by atoms with Crippen LogP contribution in [-0.4, -0.2) is 28.4 Å². The molecule has 0 aliphatic carbocycles. The lowest BCUT2D eigenvalue weighted by molar-refractivity contribution is 0.0955. The van der Waals surface area contributed by atoms with E-state index < -0.39 is 0 Å². The van der Waals surface area contributed by atoms with Crippen LogP contribution in [0.25, 0.3) is 0 Å². The number of aryl methyl sites for hydroxylation is 2. The molecule has 0 spiro atoms. The van der Waals surface area contributed by atoms with Gasteiger partial charge in [-0.15, -0.1) is 0 Å². The van der Waals surface area contributed by atoms with Crippen molar-refractivity contribution in [2.75, 3.05) is 18.4 Å². The number of nitrogens with zero attached hydrogens (tertiary/aromatic N) is 2. The van der Waals surface area contributed by atoms with Gasteiger partial charge in [0.1, 0.15) is 5.82 Å². The lowest BCUT2D eigenvalue weighted by Crippen LogP contribution is -2.28. The van der Waals surface area contributed by atoms with Gasteiger partial charge in [0.2, 0.25) is 5.13 Å². The Morgan fingerprint density at radius 1 is 1.25 bits per heavy atom. The van der Waals surface area contributed by atoms with Crippen LogP contribution < -0.4 is 10.6 Å². The van der Waals surface area contributed by atoms with E-state index in [9.17, 15) is 4.79 Å². The van der Waals surface area contributed by atoms with E-state index in [4.69, 9.17) is 0 Å². The third-order valence-electron chi connectivity index (χ3n) is 2.78. The molecule has 5 nitrogen and oxygen atoms in total. The highest BCUT2D eigenvalue weighted by Crippen LogP contribution is 2.10. The normalized spacial score (nSPS) is 10.3. The highest BCUT2D eigenvalue weighted by Gasteiger charge is 2.04. The van der Waals surface area contributed by atoms with Gasteiger partial charge in [0.15, 0.2) is 0 Å². The van der Waals surface area contributed by atoms with Crippen LogP contribution in [0.1, 0.15) is 28.7 Å². The van der Waals surface area contributed by atoms with E-state index in [2.05, 4.69) is 20.0 Å². The molecule has 1 heterocycles. The van der Waals surface area contributed by atoms with Crippen molar-refractivity contribution in [1.82, 2.24) is 14.7 Å². The zero-order chi connectivity index (χ0) is 14.4. The maximum Gasteiger partial charge on any atom is 0.251 e. The number of rotatable bonds is 6. The third kappa shape index (κ3) is 4.03. The van der Waals surface area contributed by atoms with Gasteiger partial charge >= 0.3 is 0 Å². The van der Waals surface area contributed by atoms with E-state index in [0.29, 0.717) is 18.7 Å². The Kier molecular flexibility index (Phi) is 5.06. The van der Waals surface area contributed by atoms with Crippen LogP contribution in [0, 0.1) is 6.92 Å².